The van der Waals surface area contributed by atoms with Gasteiger partial charge in [0.2, 0.25) is 0 Å². The van der Waals surface area contributed by atoms with Gasteiger partial charge in [-0.05, 0) is 17.7 Å². The number of alkyl halides is 3. The first-order valence-electron chi connectivity index (χ1n) is 4.97. The van der Waals surface area contributed by atoms with Crippen LogP contribution in [0.5, 0.6) is 0 Å². The van der Waals surface area contributed by atoms with Crippen LogP contribution in [-0.2, 0) is 9.53 Å². The van der Waals surface area contributed by atoms with Gasteiger partial charge in [0.1, 0.15) is 6.04 Å². The number of rotatable bonds is 4. The van der Waals surface area contributed by atoms with Crippen LogP contribution in [0.4, 0.5) is 13.2 Å². The fourth-order valence-corrected chi connectivity index (χ4v) is 1.45. The molecule has 1 N–H and O–H groups in total. The summed E-state index contributed by atoms with van der Waals surface area (Å²) in [7, 11) is 1.11. The maximum Gasteiger partial charge on any atom is 0.401 e. The van der Waals surface area contributed by atoms with Gasteiger partial charge in [0.05, 0.1) is 13.7 Å². The molecule has 7 heteroatoms. The van der Waals surface area contributed by atoms with Crippen LogP contribution in [0.25, 0.3) is 0 Å². The SMILES string of the molecule is COC(=O)C(NCC(F)(F)F)c1ccc(Cl)cc1. The summed E-state index contributed by atoms with van der Waals surface area (Å²) in [6, 6.07) is 4.74. The van der Waals surface area contributed by atoms with Crippen LogP contribution in [-0.4, -0.2) is 25.8 Å². The van der Waals surface area contributed by atoms with E-state index in [0.717, 1.165) is 7.11 Å². The third kappa shape index (κ3) is 4.54. The first kappa shape index (κ1) is 14.8. The highest BCUT2D eigenvalue weighted by molar-refractivity contribution is 6.30. The summed E-state index contributed by atoms with van der Waals surface area (Å²) < 4.78 is 40.8. The zero-order valence-electron chi connectivity index (χ0n) is 9.42. The molecular weight excluding hydrogens is 271 g/mol. The highest BCUT2D eigenvalue weighted by Gasteiger charge is 2.31. The van der Waals surface area contributed by atoms with Gasteiger partial charge in [-0.1, -0.05) is 23.7 Å². The Morgan fingerprint density at radius 1 is 1.39 bits per heavy atom. The maximum absolute atomic E-state index is 12.1. The van der Waals surface area contributed by atoms with Gasteiger partial charge in [0.15, 0.2) is 0 Å². The van der Waals surface area contributed by atoms with E-state index in [9.17, 15) is 18.0 Å². The molecule has 0 radical (unpaired) electrons. The number of carbonyl (C=O) groups is 1. The van der Waals surface area contributed by atoms with E-state index in [4.69, 9.17) is 11.6 Å². The van der Waals surface area contributed by atoms with Crippen molar-refractivity contribution in [3.63, 3.8) is 0 Å². The number of benzene rings is 1. The first-order chi connectivity index (χ1) is 8.33. The van der Waals surface area contributed by atoms with Crippen molar-refractivity contribution in [1.29, 1.82) is 0 Å². The van der Waals surface area contributed by atoms with Crippen LogP contribution in [0.2, 0.25) is 5.02 Å². The molecule has 1 rings (SSSR count). The van der Waals surface area contributed by atoms with Crippen LogP contribution in [0.1, 0.15) is 11.6 Å². The highest BCUT2D eigenvalue weighted by atomic mass is 35.5. The number of methoxy groups -OCH3 is 1. The Bertz CT molecular complexity index is 406. The van der Waals surface area contributed by atoms with Crippen LogP contribution < -0.4 is 5.32 Å². The van der Waals surface area contributed by atoms with E-state index in [1.54, 1.807) is 0 Å². The topological polar surface area (TPSA) is 38.3 Å². The predicted octanol–water partition coefficient (Wildman–Crippen LogP) is 2.71. The molecule has 0 fully saturated rings. The quantitative estimate of drug-likeness (QED) is 0.863. The fraction of sp³-hybridized carbons (Fsp3) is 0.364. The van der Waals surface area contributed by atoms with Crippen LogP contribution in [0.15, 0.2) is 24.3 Å². The molecular formula is C11H11ClF3NO2. The van der Waals surface area contributed by atoms with Gasteiger partial charge >= 0.3 is 12.1 Å². The number of carbonyl (C=O) groups excluding carboxylic acids is 1. The summed E-state index contributed by atoms with van der Waals surface area (Å²) >= 11 is 5.66. The lowest BCUT2D eigenvalue weighted by atomic mass is 10.1. The normalized spacial score (nSPS) is 13.2. The maximum atomic E-state index is 12.1. The number of nitrogens with one attached hydrogen (secondary N) is 1. The molecule has 18 heavy (non-hydrogen) atoms. The van der Waals surface area contributed by atoms with E-state index >= 15 is 0 Å². The van der Waals surface area contributed by atoms with Gasteiger partial charge in [-0.25, -0.2) is 4.79 Å². The monoisotopic (exact) mass is 281 g/mol. The molecule has 3 nitrogen and oxygen atoms in total. The molecule has 0 aromatic heterocycles. The van der Waals surface area contributed by atoms with Crippen LogP contribution in [0.3, 0.4) is 0 Å². The standard InChI is InChI=1S/C11H11ClF3NO2/c1-18-10(17)9(16-6-11(13,14)15)7-2-4-8(12)5-3-7/h2-5,9,16H,6H2,1H3. The van der Waals surface area contributed by atoms with Crippen molar-refractivity contribution in [2.45, 2.75) is 12.2 Å². The molecule has 1 atom stereocenters. The zero-order chi connectivity index (χ0) is 13.8. The highest BCUT2D eigenvalue weighted by Crippen LogP contribution is 2.20. The molecule has 0 heterocycles. The molecule has 0 saturated heterocycles. The Labute approximate surface area is 107 Å². The third-order valence-electron chi connectivity index (χ3n) is 2.15. The molecule has 0 saturated carbocycles. The summed E-state index contributed by atoms with van der Waals surface area (Å²) in [6.45, 7) is -1.28. The minimum Gasteiger partial charge on any atom is -0.468 e. The van der Waals surface area contributed by atoms with E-state index in [1.165, 1.54) is 24.3 Å². The molecule has 0 aliphatic carbocycles. The van der Waals surface area contributed by atoms with E-state index in [1.807, 2.05) is 0 Å². The van der Waals surface area contributed by atoms with Crippen molar-refractivity contribution >= 4 is 17.6 Å². The summed E-state index contributed by atoms with van der Waals surface area (Å²) in [5.41, 5.74) is 0.357. The molecule has 1 unspecified atom stereocenters. The van der Waals surface area contributed by atoms with Crippen molar-refractivity contribution in [2.24, 2.45) is 0 Å². The Morgan fingerprint density at radius 2 is 1.94 bits per heavy atom. The van der Waals surface area contributed by atoms with Crippen molar-refractivity contribution < 1.29 is 22.7 Å². The molecule has 100 valence electrons. The van der Waals surface area contributed by atoms with Crippen LogP contribution >= 0.6 is 11.6 Å². The molecule has 1 aromatic carbocycles. The van der Waals surface area contributed by atoms with Crippen molar-refractivity contribution in [3.8, 4) is 0 Å². The second kappa shape index (κ2) is 6.06. The third-order valence-corrected chi connectivity index (χ3v) is 2.40. The predicted molar refractivity (Wildman–Crippen MR) is 60.3 cm³/mol. The largest absolute Gasteiger partial charge is 0.468 e. The Balaban J connectivity index is 2.85. The lowest BCUT2D eigenvalue weighted by Crippen LogP contribution is -2.36. The smallest absolute Gasteiger partial charge is 0.401 e. The average molecular weight is 282 g/mol. The summed E-state index contributed by atoms with van der Waals surface area (Å²) in [5, 5.41) is 2.53. The van der Waals surface area contributed by atoms with Gasteiger partial charge in [0.25, 0.3) is 0 Å². The van der Waals surface area contributed by atoms with E-state index in [2.05, 4.69) is 10.1 Å². The summed E-state index contributed by atoms with van der Waals surface area (Å²) in [5.74, 6) is -0.790. The van der Waals surface area contributed by atoms with Gasteiger partial charge < -0.3 is 4.74 Å². The van der Waals surface area contributed by atoms with Gasteiger partial charge in [-0.3, -0.25) is 5.32 Å². The Kier molecular flexibility index (Phi) is 4.98. The van der Waals surface area contributed by atoms with Gasteiger partial charge in [-0.2, -0.15) is 13.2 Å². The molecule has 0 spiro atoms. The van der Waals surface area contributed by atoms with Crippen molar-refractivity contribution in [3.05, 3.63) is 34.9 Å². The van der Waals surface area contributed by atoms with Gasteiger partial charge in [0, 0.05) is 5.02 Å². The average Bonchev–Trinajstić information content (AvgIpc) is 2.29. The molecule has 0 amide bonds. The first-order valence-corrected chi connectivity index (χ1v) is 5.34. The molecule has 1 aromatic rings. The number of hydrogen-bond acceptors (Lipinski definition) is 3. The fourth-order valence-electron chi connectivity index (χ4n) is 1.33. The van der Waals surface area contributed by atoms with E-state index in [0.29, 0.717) is 10.6 Å². The second-order valence-electron chi connectivity index (χ2n) is 3.50. The lowest BCUT2D eigenvalue weighted by molar-refractivity contribution is -0.146. The number of esters is 1. The Morgan fingerprint density at radius 3 is 2.39 bits per heavy atom. The van der Waals surface area contributed by atoms with Gasteiger partial charge in [-0.15, -0.1) is 0 Å². The van der Waals surface area contributed by atoms with Crippen molar-refractivity contribution in [1.82, 2.24) is 5.32 Å². The lowest BCUT2D eigenvalue weighted by Gasteiger charge is -2.18. The number of halogens is 4. The van der Waals surface area contributed by atoms with E-state index in [-0.39, 0.29) is 0 Å². The summed E-state index contributed by atoms with van der Waals surface area (Å²) in [4.78, 5) is 11.4. The number of hydrogen-bond donors (Lipinski definition) is 1. The second-order valence-corrected chi connectivity index (χ2v) is 3.94. The van der Waals surface area contributed by atoms with Crippen molar-refractivity contribution in [2.75, 3.05) is 13.7 Å². The minimum atomic E-state index is -4.40. The minimum absolute atomic E-state index is 0.357. The van der Waals surface area contributed by atoms with E-state index < -0.39 is 24.7 Å². The molecule has 0 bridgehead atoms. The summed E-state index contributed by atoms with van der Waals surface area (Å²) in [6.07, 6.45) is -4.40. The molecule has 0 aliphatic rings. The number of ether oxygens (including phenoxy) is 1. The Hall–Kier alpha value is -1.27. The van der Waals surface area contributed by atoms with Crippen LogP contribution in [0, 0.1) is 0 Å². The molecule has 0 aliphatic heterocycles. The zero-order valence-corrected chi connectivity index (χ0v) is 10.2.